The van der Waals surface area contributed by atoms with Crippen LogP contribution in [-0.2, 0) is 4.79 Å². The van der Waals surface area contributed by atoms with Gasteiger partial charge in [0.2, 0.25) is 0 Å². The highest BCUT2D eigenvalue weighted by Gasteiger charge is 2.18. The number of dihydropyridines is 1. The fourth-order valence-corrected chi connectivity index (χ4v) is 1.09. The Hall–Kier alpha value is -1.91. The van der Waals surface area contributed by atoms with E-state index in [1.54, 1.807) is 45.3 Å². The summed E-state index contributed by atoms with van der Waals surface area (Å²) in [7, 11) is 0. The van der Waals surface area contributed by atoms with Gasteiger partial charge >= 0.3 is 5.91 Å². The normalized spacial score (nSPS) is 15.2. The molecule has 0 radical (unpaired) electrons. The van der Waals surface area contributed by atoms with Gasteiger partial charge in [0, 0.05) is 23.1 Å². The summed E-state index contributed by atoms with van der Waals surface area (Å²) in [5.41, 5.74) is 1.31. The third-order valence-electron chi connectivity index (χ3n) is 2.06. The fraction of sp³-hybridized carbons (Fsp3) is 0.364. The first kappa shape index (κ1) is 12.2. The van der Waals surface area contributed by atoms with Crippen LogP contribution < -0.4 is 5.32 Å². The lowest BCUT2D eigenvalue weighted by Gasteiger charge is -2.04. The molecule has 0 bridgehead atoms. The maximum atomic E-state index is 11.3. The summed E-state index contributed by atoms with van der Waals surface area (Å²) in [5, 5.41) is 17.9. The van der Waals surface area contributed by atoms with Crippen molar-refractivity contribution in [1.29, 1.82) is 0 Å². The predicted molar refractivity (Wildman–Crippen MR) is 60.0 cm³/mol. The zero-order valence-electron chi connectivity index (χ0n) is 9.60. The summed E-state index contributed by atoms with van der Waals surface area (Å²) in [5.74, 6) is -0.889. The van der Waals surface area contributed by atoms with Crippen LogP contribution in [0.4, 0.5) is 0 Å². The lowest BCUT2D eigenvalue weighted by atomic mass is 10.2. The lowest BCUT2D eigenvalue weighted by Crippen LogP contribution is -2.18. The summed E-state index contributed by atoms with van der Waals surface area (Å²) >= 11 is 0. The van der Waals surface area contributed by atoms with Crippen molar-refractivity contribution in [2.75, 3.05) is 0 Å². The van der Waals surface area contributed by atoms with E-state index in [2.05, 4.69) is 10.4 Å². The second kappa shape index (κ2) is 5.25. The average molecular weight is 221 g/mol. The van der Waals surface area contributed by atoms with E-state index < -0.39 is 5.91 Å². The Morgan fingerprint density at radius 3 is 2.50 bits per heavy atom. The molecule has 0 aromatic carbocycles. The molecule has 0 aromatic heterocycles. The van der Waals surface area contributed by atoms with E-state index in [0.29, 0.717) is 5.70 Å². The van der Waals surface area contributed by atoms with Gasteiger partial charge in [0.05, 0.1) is 5.92 Å². The van der Waals surface area contributed by atoms with E-state index in [4.69, 9.17) is 0 Å². The molecule has 0 spiro atoms. The molecule has 5 nitrogen and oxygen atoms in total. The minimum atomic E-state index is -0.540. The van der Waals surface area contributed by atoms with E-state index in [-0.39, 0.29) is 10.8 Å². The average Bonchev–Trinajstić information content (AvgIpc) is 2.28. The number of carbonyl (C=O) groups excluding carboxylic acids is 1. The number of hydrogen-bond acceptors (Lipinski definition) is 4. The number of amides is 1. The molecule has 1 aliphatic heterocycles. The summed E-state index contributed by atoms with van der Waals surface area (Å²) < 4.78 is 0. The van der Waals surface area contributed by atoms with Crippen LogP contribution in [0.15, 0.2) is 40.9 Å². The Morgan fingerprint density at radius 1 is 1.44 bits per heavy atom. The minimum Gasteiger partial charge on any atom is -0.592 e. The van der Waals surface area contributed by atoms with Gasteiger partial charge in [-0.25, -0.2) is 4.79 Å². The van der Waals surface area contributed by atoms with Crippen molar-refractivity contribution in [3.05, 3.63) is 41.0 Å². The first-order valence-electron chi connectivity index (χ1n) is 5.05. The number of nitrogens with zero attached hydrogens (tertiary/aromatic N) is 2. The van der Waals surface area contributed by atoms with Crippen LogP contribution in [0.25, 0.3) is 0 Å². The third-order valence-corrected chi connectivity index (χ3v) is 2.06. The Bertz CT molecular complexity index is 389. The van der Waals surface area contributed by atoms with Gasteiger partial charge in [-0.15, -0.1) is 0 Å². The molecule has 0 atom stereocenters. The van der Waals surface area contributed by atoms with Crippen molar-refractivity contribution in [3.8, 4) is 0 Å². The monoisotopic (exact) mass is 221 g/mol. The molecule has 1 aliphatic rings. The van der Waals surface area contributed by atoms with Crippen LogP contribution >= 0.6 is 0 Å². The Labute approximate surface area is 94.4 Å². The number of hydrogen-bond donors (Lipinski definition) is 1. The number of azo groups is 1. The van der Waals surface area contributed by atoms with Gasteiger partial charge < -0.3 is 10.5 Å². The number of allylic oxidation sites excluding steroid dienone is 4. The topological polar surface area (TPSA) is 67.5 Å². The molecule has 0 aliphatic carbocycles. The maximum Gasteiger partial charge on any atom is 0.425 e. The van der Waals surface area contributed by atoms with Gasteiger partial charge in [0.1, 0.15) is 5.70 Å². The van der Waals surface area contributed by atoms with Crippen LogP contribution in [0.2, 0.25) is 0 Å². The van der Waals surface area contributed by atoms with Crippen LogP contribution in [0, 0.1) is 11.1 Å². The Balaban J connectivity index is 2.91. The smallest absolute Gasteiger partial charge is 0.425 e. The largest absolute Gasteiger partial charge is 0.592 e. The van der Waals surface area contributed by atoms with Gasteiger partial charge in [-0.05, 0) is 37.8 Å². The molecule has 0 fully saturated rings. The molecule has 1 heterocycles. The molecule has 0 saturated carbocycles. The molecule has 16 heavy (non-hydrogen) atoms. The van der Waals surface area contributed by atoms with E-state index in [1.165, 1.54) is 0 Å². The Kier molecular flexibility index (Phi) is 3.99. The van der Waals surface area contributed by atoms with E-state index in [0.717, 1.165) is 5.57 Å². The minimum absolute atomic E-state index is 0.150. The molecule has 1 amide bonds. The summed E-state index contributed by atoms with van der Waals surface area (Å²) in [6.45, 7) is 5.01. The molecule has 1 rings (SSSR count). The SMILES string of the molecule is CC(N=[N+]([O-])C(=O)C(C)C)=C1C=CNC=C1. The first-order valence-corrected chi connectivity index (χ1v) is 5.05. The van der Waals surface area contributed by atoms with Crippen LogP contribution in [0.1, 0.15) is 20.8 Å². The number of rotatable bonds is 2. The molecule has 1 N–H and O–H groups in total. The van der Waals surface area contributed by atoms with Crippen molar-refractivity contribution in [2.24, 2.45) is 11.0 Å². The highest BCUT2D eigenvalue weighted by Crippen LogP contribution is 2.11. The molecule has 5 heteroatoms. The van der Waals surface area contributed by atoms with E-state index in [9.17, 15) is 10.0 Å². The van der Waals surface area contributed by atoms with Gasteiger partial charge in [-0.1, -0.05) is 0 Å². The molecule has 0 unspecified atom stereocenters. The molecular formula is C11H15N3O2. The molecule has 0 aromatic rings. The number of carbonyl (C=O) groups is 1. The quantitative estimate of drug-likeness (QED) is 0.440. The zero-order chi connectivity index (χ0) is 12.1. The second-order valence-corrected chi connectivity index (χ2v) is 3.74. The molecule has 0 saturated heterocycles. The maximum absolute atomic E-state index is 11.3. The zero-order valence-corrected chi connectivity index (χ0v) is 9.60. The highest BCUT2D eigenvalue weighted by atomic mass is 16.5. The first-order chi connectivity index (χ1) is 7.52. The predicted octanol–water partition coefficient (Wildman–Crippen LogP) is 2.04. The fourth-order valence-electron chi connectivity index (χ4n) is 1.09. The second-order valence-electron chi connectivity index (χ2n) is 3.74. The van der Waals surface area contributed by atoms with Gasteiger partial charge in [0.15, 0.2) is 0 Å². The summed E-state index contributed by atoms with van der Waals surface area (Å²) in [4.78, 5) is 11.5. The van der Waals surface area contributed by atoms with Crippen LogP contribution in [0.3, 0.4) is 0 Å². The molecule has 86 valence electrons. The van der Waals surface area contributed by atoms with Crippen LogP contribution in [0.5, 0.6) is 0 Å². The van der Waals surface area contributed by atoms with Crippen molar-refractivity contribution >= 4 is 5.91 Å². The number of nitrogens with one attached hydrogen (secondary N) is 1. The van der Waals surface area contributed by atoms with Gasteiger partial charge in [-0.3, -0.25) is 0 Å². The van der Waals surface area contributed by atoms with E-state index >= 15 is 0 Å². The summed E-state index contributed by atoms with van der Waals surface area (Å²) in [6, 6.07) is 0. The van der Waals surface area contributed by atoms with E-state index in [1.807, 2.05) is 0 Å². The van der Waals surface area contributed by atoms with Crippen LogP contribution in [-0.4, -0.2) is 10.8 Å². The lowest BCUT2D eigenvalue weighted by molar-refractivity contribution is -0.450. The van der Waals surface area contributed by atoms with Gasteiger partial charge in [0.25, 0.3) is 0 Å². The third kappa shape index (κ3) is 3.05. The molecular weight excluding hydrogens is 206 g/mol. The standard InChI is InChI=1S/C11H15N3O2/c1-8(2)11(15)14(16)13-9(3)10-4-6-12-7-5-10/h4-8,12H,1-3H3. The number of hydroxylamine groups is 1. The Morgan fingerprint density at radius 2 is 2.00 bits per heavy atom. The summed E-state index contributed by atoms with van der Waals surface area (Å²) in [6.07, 6.45) is 7.03. The van der Waals surface area contributed by atoms with Crippen molar-refractivity contribution in [1.82, 2.24) is 5.32 Å². The van der Waals surface area contributed by atoms with Gasteiger partial charge in [-0.2, -0.15) is 0 Å². The van der Waals surface area contributed by atoms with Crippen molar-refractivity contribution in [2.45, 2.75) is 20.8 Å². The van der Waals surface area contributed by atoms with Crippen molar-refractivity contribution < 1.29 is 9.66 Å². The highest BCUT2D eigenvalue weighted by molar-refractivity contribution is 5.69. The van der Waals surface area contributed by atoms with Crippen molar-refractivity contribution in [3.63, 3.8) is 0 Å².